The highest BCUT2D eigenvalue weighted by Crippen LogP contribution is 2.30. The van der Waals surface area contributed by atoms with Gasteiger partial charge in [0.05, 0.1) is 11.8 Å². The number of aliphatic hydroxyl groups excluding tert-OH is 1. The van der Waals surface area contributed by atoms with Crippen molar-refractivity contribution in [1.29, 1.82) is 0 Å². The number of pyridine rings is 1. The molecule has 1 aromatic heterocycles. The van der Waals surface area contributed by atoms with Crippen molar-refractivity contribution in [1.82, 2.24) is 4.98 Å². The number of piperidine rings is 1. The molecule has 5 nitrogen and oxygen atoms in total. The van der Waals surface area contributed by atoms with Crippen LogP contribution in [0.15, 0.2) is 60.7 Å². The van der Waals surface area contributed by atoms with E-state index in [9.17, 15) is 22.7 Å². The Bertz CT molecular complexity index is 1050. The molecule has 3 aromatic rings. The summed E-state index contributed by atoms with van der Waals surface area (Å²) in [7, 11) is 0. The van der Waals surface area contributed by atoms with Crippen LogP contribution in [0.1, 0.15) is 12.8 Å². The van der Waals surface area contributed by atoms with Gasteiger partial charge in [0.1, 0.15) is 17.4 Å². The second-order valence-electron chi connectivity index (χ2n) is 7.52. The van der Waals surface area contributed by atoms with E-state index in [2.05, 4.69) is 15.0 Å². The molecule has 2 N–H and O–H groups in total. The number of hydrogen-bond acceptors (Lipinski definition) is 5. The first kappa shape index (κ1) is 21.9. The molecule has 0 aliphatic carbocycles. The Morgan fingerprint density at radius 1 is 0.938 bits per heavy atom. The summed E-state index contributed by atoms with van der Waals surface area (Å²) in [6.45, 7) is 1.29. The van der Waals surface area contributed by atoms with E-state index in [0.717, 1.165) is 5.56 Å². The molecule has 4 rings (SSSR count). The Morgan fingerprint density at radius 2 is 1.59 bits per heavy atom. The Morgan fingerprint density at radius 3 is 2.22 bits per heavy atom. The number of alkyl halides is 3. The van der Waals surface area contributed by atoms with Crippen LogP contribution < -0.4 is 15.0 Å². The van der Waals surface area contributed by atoms with Gasteiger partial charge in [0.25, 0.3) is 0 Å². The van der Waals surface area contributed by atoms with Crippen molar-refractivity contribution in [2.45, 2.75) is 25.3 Å². The first-order chi connectivity index (χ1) is 15.2. The fourth-order valence-electron chi connectivity index (χ4n) is 3.52. The zero-order valence-corrected chi connectivity index (χ0v) is 16.9. The summed E-state index contributed by atoms with van der Waals surface area (Å²) in [5, 5.41) is 13.0. The second kappa shape index (κ2) is 9.04. The molecule has 2 aromatic carbocycles. The van der Waals surface area contributed by atoms with Crippen molar-refractivity contribution < 1.29 is 27.4 Å². The van der Waals surface area contributed by atoms with Crippen LogP contribution >= 0.6 is 0 Å². The second-order valence-corrected chi connectivity index (χ2v) is 7.52. The fourth-order valence-corrected chi connectivity index (χ4v) is 3.52. The highest BCUT2D eigenvalue weighted by atomic mass is 19.4. The van der Waals surface area contributed by atoms with Crippen LogP contribution in [0.5, 0.6) is 5.75 Å². The van der Waals surface area contributed by atoms with Crippen molar-refractivity contribution in [3.05, 3.63) is 66.5 Å². The monoisotopic (exact) mass is 447 g/mol. The number of aromatic nitrogens is 1. The van der Waals surface area contributed by atoms with Crippen LogP contribution in [0, 0.1) is 5.82 Å². The number of halogens is 4. The van der Waals surface area contributed by atoms with Gasteiger partial charge in [-0.2, -0.15) is 0 Å². The maximum absolute atomic E-state index is 13.4. The van der Waals surface area contributed by atoms with E-state index in [1.165, 1.54) is 36.4 Å². The maximum atomic E-state index is 13.4. The third-order valence-electron chi connectivity index (χ3n) is 5.12. The molecule has 1 saturated heterocycles. The van der Waals surface area contributed by atoms with Gasteiger partial charge in [-0.05, 0) is 67.4 Å². The lowest BCUT2D eigenvalue weighted by molar-refractivity contribution is -0.274. The van der Waals surface area contributed by atoms with Crippen LogP contribution in [0.25, 0.3) is 11.3 Å². The number of rotatable bonds is 5. The topological polar surface area (TPSA) is 57.6 Å². The number of nitrogens with zero attached hydrogens (tertiary/aromatic N) is 2. The number of hydrogen-bond donors (Lipinski definition) is 2. The van der Waals surface area contributed by atoms with E-state index < -0.39 is 6.36 Å². The van der Waals surface area contributed by atoms with Crippen LogP contribution in [-0.2, 0) is 0 Å². The largest absolute Gasteiger partial charge is 0.573 e. The molecule has 0 spiro atoms. The van der Waals surface area contributed by atoms with E-state index in [1.807, 2.05) is 6.07 Å². The summed E-state index contributed by atoms with van der Waals surface area (Å²) in [6.07, 6.45) is -3.82. The molecule has 1 fully saturated rings. The lowest BCUT2D eigenvalue weighted by Gasteiger charge is -2.31. The Labute approximate surface area is 182 Å². The van der Waals surface area contributed by atoms with Gasteiger partial charge in [-0.25, -0.2) is 9.37 Å². The first-order valence-corrected chi connectivity index (χ1v) is 10.1. The molecular formula is C23H21F4N3O2. The zero-order chi connectivity index (χ0) is 22.7. The minimum absolute atomic E-state index is 0.308. The Hall–Kier alpha value is -3.33. The summed E-state index contributed by atoms with van der Waals surface area (Å²) in [4.78, 5) is 6.78. The third-order valence-corrected chi connectivity index (χ3v) is 5.12. The van der Waals surface area contributed by atoms with Crippen molar-refractivity contribution >= 4 is 17.2 Å². The van der Waals surface area contributed by atoms with Crippen LogP contribution in [0.2, 0.25) is 0 Å². The standard InChI is InChI=1S/C23H21F4N3O2/c24-16-3-1-15(2-4-16)21-13-18(14-22(29-21)30-11-9-19(31)10-12-30)28-17-5-7-20(8-6-17)32-23(25,26)27/h1-8,13-14,19,31H,9-12H2,(H,28,29). The van der Waals surface area contributed by atoms with Gasteiger partial charge in [0.15, 0.2) is 0 Å². The average molecular weight is 447 g/mol. The molecular weight excluding hydrogens is 426 g/mol. The summed E-state index contributed by atoms with van der Waals surface area (Å²) < 4.78 is 54.4. The van der Waals surface area contributed by atoms with Gasteiger partial charge in [-0.1, -0.05) is 0 Å². The quantitative estimate of drug-likeness (QED) is 0.507. The molecule has 32 heavy (non-hydrogen) atoms. The summed E-state index contributed by atoms with van der Waals surface area (Å²) in [5.74, 6) is 0.0324. The van der Waals surface area contributed by atoms with Crippen molar-refractivity contribution in [3.63, 3.8) is 0 Å². The van der Waals surface area contributed by atoms with Gasteiger partial charge in [0, 0.05) is 36.1 Å². The molecule has 0 atom stereocenters. The smallest absolute Gasteiger partial charge is 0.406 e. The van der Waals surface area contributed by atoms with E-state index >= 15 is 0 Å². The highest BCUT2D eigenvalue weighted by molar-refractivity contribution is 5.72. The number of benzene rings is 2. The van der Waals surface area contributed by atoms with Crippen molar-refractivity contribution in [3.8, 4) is 17.0 Å². The highest BCUT2D eigenvalue weighted by Gasteiger charge is 2.31. The van der Waals surface area contributed by atoms with Gasteiger partial charge in [0.2, 0.25) is 0 Å². The van der Waals surface area contributed by atoms with E-state index in [0.29, 0.717) is 48.8 Å². The minimum atomic E-state index is -4.75. The lowest BCUT2D eigenvalue weighted by atomic mass is 10.1. The normalized spacial score (nSPS) is 15.0. The number of aliphatic hydroxyl groups is 1. The van der Waals surface area contributed by atoms with E-state index in [1.54, 1.807) is 18.2 Å². The molecule has 0 saturated carbocycles. The van der Waals surface area contributed by atoms with Crippen molar-refractivity contribution in [2.24, 2.45) is 0 Å². The maximum Gasteiger partial charge on any atom is 0.573 e. The van der Waals surface area contributed by atoms with Gasteiger partial charge in [-0.3, -0.25) is 0 Å². The van der Waals surface area contributed by atoms with Crippen molar-refractivity contribution in [2.75, 3.05) is 23.3 Å². The van der Waals surface area contributed by atoms with Gasteiger partial charge >= 0.3 is 6.36 Å². The molecule has 1 aliphatic rings. The molecule has 0 amide bonds. The molecule has 9 heteroatoms. The Kier molecular flexibility index (Phi) is 6.18. The first-order valence-electron chi connectivity index (χ1n) is 10.1. The fraction of sp³-hybridized carbons (Fsp3) is 0.261. The van der Waals surface area contributed by atoms with Gasteiger partial charge in [-0.15, -0.1) is 13.2 Å². The molecule has 2 heterocycles. The molecule has 0 radical (unpaired) electrons. The van der Waals surface area contributed by atoms with Crippen LogP contribution in [-0.4, -0.2) is 35.6 Å². The number of anilines is 3. The molecule has 1 aliphatic heterocycles. The van der Waals surface area contributed by atoms with Crippen LogP contribution in [0.4, 0.5) is 34.8 Å². The van der Waals surface area contributed by atoms with E-state index in [4.69, 9.17) is 4.98 Å². The number of ether oxygens (including phenoxy) is 1. The predicted molar refractivity (Wildman–Crippen MR) is 113 cm³/mol. The third kappa shape index (κ3) is 5.67. The predicted octanol–water partition coefficient (Wildman–Crippen LogP) is 5.49. The zero-order valence-electron chi connectivity index (χ0n) is 16.9. The Balaban J connectivity index is 1.62. The molecule has 0 unspecified atom stereocenters. The lowest BCUT2D eigenvalue weighted by Crippen LogP contribution is -2.36. The average Bonchev–Trinajstić information content (AvgIpc) is 2.75. The van der Waals surface area contributed by atoms with Crippen LogP contribution in [0.3, 0.4) is 0 Å². The SMILES string of the molecule is OC1CCN(c2cc(Nc3ccc(OC(F)(F)F)cc3)cc(-c3ccc(F)cc3)n2)CC1. The van der Waals surface area contributed by atoms with E-state index in [-0.39, 0.29) is 17.7 Å². The number of nitrogens with one attached hydrogen (secondary N) is 1. The summed E-state index contributed by atoms with van der Waals surface area (Å²) in [5.41, 5.74) is 2.58. The van der Waals surface area contributed by atoms with Gasteiger partial charge < -0.3 is 20.1 Å². The molecule has 168 valence electrons. The molecule has 0 bridgehead atoms. The summed E-state index contributed by atoms with van der Waals surface area (Å²) in [6, 6.07) is 15.0. The minimum Gasteiger partial charge on any atom is -0.406 e. The summed E-state index contributed by atoms with van der Waals surface area (Å²) >= 11 is 0.